The van der Waals surface area contributed by atoms with Gasteiger partial charge < -0.3 is 0 Å². The van der Waals surface area contributed by atoms with Gasteiger partial charge >= 0.3 is 6.18 Å². The Morgan fingerprint density at radius 2 is 1.62 bits per heavy atom. The summed E-state index contributed by atoms with van der Waals surface area (Å²) in [5.41, 5.74) is 0.484. The van der Waals surface area contributed by atoms with E-state index < -0.39 is 11.7 Å². The molecule has 0 radical (unpaired) electrons. The normalized spacial score (nSPS) is 13.2. The molecule has 0 bridgehead atoms. The first-order chi connectivity index (χ1) is 9.77. The van der Waals surface area contributed by atoms with Crippen molar-refractivity contribution < 1.29 is 17.6 Å². The maximum Gasteiger partial charge on any atom is 0.416 e. The van der Waals surface area contributed by atoms with E-state index in [2.05, 4.69) is 31.9 Å². The minimum atomic E-state index is -4.34. The first-order valence-corrected chi connectivity index (χ1v) is 7.73. The SMILES string of the molecule is Fc1cc(Br)ccc1C(Br)Cc1ccc(C(F)(F)F)cc1. The molecule has 0 saturated heterocycles. The van der Waals surface area contributed by atoms with Crippen LogP contribution < -0.4 is 0 Å². The Kier molecular flexibility index (Phi) is 5.09. The van der Waals surface area contributed by atoms with Crippen molar-refractivity contribution in [2.75, 3.05) is 0 Å². The van der Waals surface area contributed by atoms with Crippen LogP contribution in [-0.4, -0.2) is 0 Å². The Labute approximate surface area is 136 Å². The smallest absolute Gasteiger partial charge is 0.207 e. The van der Waals surface area contributed by atoms with Gasteiger partial charge in [0.25, 0.3) is 0 Å². The summed E-state index contributed by atoms with van der Waals surface area (Å²) in [5, 5.41) is 0. The molecule has 0 nitrogen and oxygen atoms in total. The van der Waals surface area contributed by atoms with Crippen molar-refractivity contribution >= 4 is 31.9 Å². The van der Waals surface area contributed by atoms with Crippen LogP contribution >= 0.6 is 31.9 Å². The van der Waals surface area contributed by atoms with Crippen LogP contribution in [0.4, 0.5) is 17.6 Å². The van der Waals surface area contributed by atoms with Gasteiger partial charge in [-0.2, -0.15) is 13.2 Å². The van der Waals surface area contributed by atoms with Crippen LogP contribution in [0.25, 0.3) is 0 Å². The summed E-state index contributed by atoms with van der Waals surface area (Å²) in [6.07, 6.45) is -3.94. The van der Waals surface area contributed by atoms with Gasteiger partial charge in [-0.1, -0.05) is 50.1 Å². The molecule has 112 valence electrons. The number of benzene rings is 2. The van der Waals surface area contributed by atoms with Crippen LogP contribution in [0.5, 0.6) is 0 Å². The zero-order chi connectivity index (χ0) is 15.6. The van der Waals surface area contributed by atoms with E-state index in [1.165, 1.54) is 18.2 Å². The second-order valence-corrected chi connectivity index (χ2v) is 6.55. The average Bonchev–Trinajstić information content (AvgIpc) is 2.38. The molecule has 0 saturated carbocycles. The lowest BCUT2D eigenvalue weighted by atomic mass is 10.0. The predicted octanol–water partition coefficient (Wildman–Crippen LogP) is 6.29. The van der Waals surface area contributed by atoms with Crippen molar-refractivity contribution in [3.8, 4) is 0 Å². The minimum absolute atomic E-state index is 0.303. The van der Waals surface area contributed by atoms with E-state index in [0.717, 1.165) is 12.1 Å². The molecule has 0 N–H and O–H groups in total. The van der Waals surface area contributed by atoms with Crippen LogP contribution in [-0.2, 0) is 12.6 Å². The Bertz CT molecular complexity index is 621. The second kappa shape index (κ2) is 6.48. The number of hydrogen-bond donors (Lipinski definition) is 0. The Hall–Kier alpha value is -0.880. The van der Waals surface area contributed by atoms with Gasteiger partial charge in [0.2, 0.25) is 0 Å². The molecule has 2 aromatic rings. The summed E-state index contributed by atoms with van der Waals surface area (Å²) in [6.45, 7) is 0. The lowest BCUT2D eigenvalue weighted by Gasteiger charge is -2.13. The summed E-state index contributed by atoms with van der Waals surface area (Å²) in [6, 6.07) is 9.61. The van der Waals surface area contributed by atoms with Crippen molar-refractivity contribution in [3.05, 3.63) is 69.4 Å². The largest absolute Gasteiger partial charge is 0.416 e. The number of rotatable bonds is 3. The van der Waals surface area contributed by atoms with E-state index in [4.69, 9.17) is 0 Å². The van der Waals surface area contributed by atoms with Crippen LogP contribution in [0.15, 0.2) is 46.9 Å². The topological polar surface area (TPSA) is 0 Å². The molecule has 0 heterocycles. The summed E-state index contributed by atoms with van der Waals surface area (Å²) in [4.78, 5) is -0.303. The molecule has 2 rings (SSSR count). The molecular weight excluding hydrogens is 416 g/mol. The third-order valence-corrected chi connectivity index (χ3v) is 4.31. The molecule has 0 aliphatic carbocycles. The van der Waals surface area contributed by atoms with E-state index in [0.29, 0.717) is 22.0 Å². The fourth-order valence-electron chi connectivity index (χ4n) is 1.90. The molecule has 1 atom stereocenters. The Morgan fingerprint density at radius 3 is 2.14 bits per heavy atom. The van der Waals surface area contributed by atoms with E-state index in [1.807, 2.05) is 0 Å². The van der Waals surface area contributed by atoms with Crippen LogP contribution in [0, 0.1) is 5.82 Å². The number of alkyl halides is 4. The first kappa shape index (κ1) is 16.5. The summed E-state index contributed by atoms with van der Waals surface area (Å²) < 4.78 is 51.9. The molecule has 0 amide bonds. The van der Waals surface area contributed by atoms with Crippen molar-refractivity contribution in [1.82, 2.24) is 0 Å². The molecule has 0 fully saturated rings. The minimum Gasteiger partial charge on any atom is -0.207 e. The quantitative estimate of drug-likeness (QED) is 0.400. The fourth-order valence-corrected chi connectivity index (χ4v) is 2.98. The molecule has 1 unspecified atom stereocenters. The van der Waals surface area contributed by atoms with Gasteiger partial charge in [0.1, 0.15) is 5.82 Å². The van der Waals surface area contributed by atoms with Crippen molar-refractivity contribution in [1.29, 1.82) is 0 Å². The number of halogens is 6. The maximum absolute atomic E-state index is 13.8. The molecular formula is C15H10Br2F4. The highest BCUT2D eigenvalue weighted by Gasteiger charge is 2.30. The average molecular weight is 426 g/mol. The Balaban J connectivity index is 2.14. The van der Waals surface area contributed by atoms with Crippen molar-refractivity contribution in [2.24, 2.45) is 0 Å². The predicted molar refractivity (Wildman–Crippen MR) is 80.9 cm³/mol. The van der Waals surface area contributed by atoms with Gasteiger partial charge in [0.05, 0.1) is 5.56 Å². The summed E-state index contributed by atoms with van der Waals surface area (Å²) in [5.74, 6) is -0.363. The van der Waals surface area contributed by atoms with Crippen LogP contribution in [0.1, 0.15) is 21.5 Å². The van der Waals surface area contributed by atoms with Gasteiger partial charge in [-0.3, -0.25) is 0 Å². The third kappa shape index (κ3) is 4.30. The van der Waals surface area contributed by atoms with Crippen LogP contribution in [0.3, 0.4) is 0 Å². The van der Waals surface area contributed by atoms with Gasteiger partial charge in [-0.25, -0.2) is 4.39 Å². The third-order valence-electron chi connectivity index (χ3n) is 3.00. The first-order valence-electron chi connectivity index (χ1n) is 6.02. The summed E-state index contributed by atoms with van der Waals surface area (Å²) >= 11 is 6.56. The van der Waals surface area contributed by atoms with Crippen LogP contribution in [0.2, 0.25) is 0 Å². The van der Waals surface area contributed by atoms with E-state index in [9.17, 15) is 17.6 Å². The fraction of sp³-hybridized carbons (Fsp3) is 0.200. The zero-order valence-corrected chi connectivity index (χ0v) is 13.8. The van der Waals surface area contributed by atoms with Gasteiger partial charge in [0.15, 0.2) is 0 Å². The molecule has 2 aromatic carbocycles. The molecule has 0 aliphatic rings. The van der Waals surface area contributed by atoms with E-state index in [-0.39, 0.29) is 10.6 Å². The molecule has 0 aliphatic heterocycles. The van der Waals surface area contributed by atoms with E-state index >= 15 is 0 Å². The standard InChI is InChI=1S/C15H10Br2F4/c16-11-5-6-12(14(18)8-11)13(17)7-9-1-3-10(4-2-9)15(19,20)21/h1-6,8,13H,7H2. The Morgan fingerprint density at radius 1 is 1.00 bits per heavy atom. The van der Waals surface area contributed by atoms with Crippen molar-refractivity contribution in [2.45, 2.75) is 17.4 Å². The lowest BCUT2D eigenvalue weighted by molar-refractivity contribution is -0.137. The molecule has 0 aromatic heterocycles. The second-order valence-electron chi connectivity index (χ2n) is 4.53. The van der Waals surface area contributed by atoms with Gasteiger partial charge in [-0.05, 0) is 36.2 Å². The summed E-state index contributed by atoms with van der Waals surface area (Å²) in [7, 11) is 0. The highest BCUT2D eigenvalue weighted by atomic mass is 79.9. The molecule has 21 heavy (non-hydrogen) atoms. The van der Waals surface area contributed by atoms with Gasteiger partial charge in [0, 0.05) is 14.9 Å². The highest BCUT2D eigenvalue weighted by molar-refractivity contribution is 9.10. The highest BCUT2D eigenvalue weighted by Crippen LogP contribution is 2.32. The number of hydrogen-bond acceptors (Lipinski definition) is 0. The van der Waals surface area contributed by atoms with E-state index in [1.54, 1.807) is 12.1 Å². The molecule has 0 spiro atoms. The monoisotopic (exact) mass is 424 g/mol. The maximum atomic E-state index is 13.8. The zero-order valence-electron chi connectivity index (χ0n) is 10.6. The van der Waals surface area contributed by atoms with Gasteiger partial charge in [-0.15, -0.1) is 0 Å². The molecule has 6 heteroatoms. The van der Waals surface area contributed by atoms with Crippen molar-refractivity contribution in [3.63, 3.8) is 0 Å². The lowest BCUT2D eigenvalue weighted by Crippen LogP contribution is -2.05.